The van der Waals surface area contributed by atoms with Crippen LogP contribution >= 0.6 is 0 Å². The number of rotatable bonds is 5. The number of nitro benzene ring substituents is 1. The van der Waals surface area contributed by atoms with Crippen molar-refractivity contribution in [2.24, 2.45) is 11.3 Å². The summed E-state index contributed by atoms with van der Waals surface area (Å²) in [5.74, 6) is 4.97. The Morgan fingerprint density at radius 2 is 2.21 bits per heavy atom. The molecule has 0 spiro atoms. The summed E-state index contributed by atoms with van der Waals surface area (Å²) in [7, 11) is 0. The molecule has 0 bridgehead atoms. The third-order valence-corrected chi connectivity index (χ3v) is 3.39. The topological polar surface area (TPSA) is 110 Å². The van der Waals surface area contributed by atoms with E-state index < -0.39 is 4.92 Å². The van der Waals surface area contributed by atoms with Gasteiger partial charge in [-0.2, -0.15) is 0 Å². The van der Waals surface area contributed by atoms with Gasteiger partial charge in [-0.1, -0.05) is 6.92 Å². The molecule has 1 aromatic rings. The summed E-state index contributed by atoms with van der Waals surface area (Å²) in [5.41, 5.74) is 2.76. The van der Waals surface area contributed by atoms with Crippen LogP contribution in [0.15, 0.2) is 18.2 Å². The SMILES string of the molecule is CC1(CNC(=O)c2ccc([N+](=O)[O-])c(NN)c2)CC1. The normalized spacial score (nSPS) is 15.7. The first kappa shape index (κ1) is 13.3. The van der Waals surface area contributed by atoms with E-state index in [-0.39, 0.29) is 22.7 Å². The summed E-state index contributed by atoms with van der Waals surface area (Å²) < 4.78 is 0. The highest BCUT2D eigenvalue weighted by Gasteiger charge is 2.37. The molecular weight excluding hydrogens is 248 g/mol. The van der Waals surface area contributed by atoms with Gasteiger partial charge in [-0.3, -0.25) is 20.8 Å². The number of nitrogens with zero attached hydrogens (tertiary/aromatic N) is 1. The van der Waals surface area contributed by atoms with Crippen LogP contribution in [0, 0.1) is 15.5 Å². The van der Waals surface area contributed by atoms with Crippen LogP contribution in [-0.2, 0) is 0 Å². The molecule has 1 saturated carbocycles. The van der Waals surface area contributed by atoms with E-state index in [4.69, 9.17) is 5.84 Å². The van der Waals surface area contributed by atoms with Gasteiger partial charge in [0.2, 0.25) is 0 Å². The van der Waals surface area contributed by atoms with Gasteiger partial charge in [-0.15, -0.1) is 0 Å². The molecular formula is C12H16N4O3. The minimum atomic E-state index is -0.553. The van der Waals surface area contributed by atoms with Gasteiger partial charge in [0.15, 0.2) is 0 Å². The Kier molecular flexibility index (Phi) is 3.39. The third-order valence-electron chi connectivity index (χ3n) is 3.39. The minimum Gasteiger partial charge on any atom is -0.351 e. The molecule has 19 heavy (non-hydrogen) atoms. The molecule has 1 fully saturated rings. The zero-order valence-electron chi connectivity index (χ0n) is 10.6. The molecule has 0 unspecified atom stereocenters. The monoisotopic (exact) mass is 264 g/mol. The van der Waals surface area contributed by atoms with Crippen molar-refractivity contribution in [2.75, 3.05) is 12.0 Å². The quantitative estimate of drug-likeness (QED) is 0.423. The average Bonchev–Trinajstić information content (AvgIpc) is 3.13. The maximum absolute atomic E-state index is 11.9. The van der Waals surface area contributed by atoms with E-state index >= 15 is 0 Å². The predicted octanol–water partition coefficient (Wildman–Crippen LogP) is 1.41. The fraction of sp³-hybridized carbons (Fsp3) is 0.417. The molecule has 7 heteroatoms. The molecule has 1 aromatic carbocycles. The van der Waals surface area contributed by atoms with Crippen LogP contribution in [0.2, 0.25) is 0 Å². The highest BCUT2D eigenvalue weighted by Crippen LogP contribution is 2.44. The number of carbonyl (C=O) groups excluding carboxylic acids is 1. The second kappa shape index (κ2) is 4.85. The summed E-state index contributed by atoms with van der Waals surface area (Å²) in [4.78, 5) is 22.1. The molecule has 1 aliphatic carbocycles. The summed E-state index contributed by atoms with van der Waals surface area (Å²) in [6, 6.07) is 4.06. The molecule has 4 N–H and O–H groups in total. The van der Waals surface area contributed by atoms with Crippen molar-refractivity contribution in [3.8, 4) is 0 Å². The number of nitrogen functional groups attached to an aromatic ring is 1. The van der Waals surface area contributed by atoms with E-state index in [9.17, 15) is 14.9 Å². The molecule has 2 rings (SSSR count). The molecule has 0 aromatic heterocycles. The summed E-state index contributed by atoms with van der Waals surface area (Å²) >= 11 is 0. The van der Waals surface area contributed by atoms with Gasteiger partial charge < -0.3 is 10.7 Å². The van der Waals surface area contributed by atoms with Crippen molar-refractivity contribution in [3.63, 3.8) is 0 Å². The van der Waals surface area contributed by atoms with Crippen LogP contribution in [-0.4, -0.2) is 17.4 Å². The summed E-state index contributed by atoms with van der Waals surface area (Å²) in [6.07, 6.45) is 2.23. The zero-order chi connectivity index (χ0) is 14.0. The number of carbonyl (C=O) groups is 1. The van der Waals surface area contributed by atoms with Crippen molar-refractivity contribution in [3.05, 3.63) is 33.9 Å². The Hall–Kier alpha value is -2.15. The van der Waals surface area contributed by atoms with Crippen LogP contribution < -0.4 is 16.6 Å². The molecule has 0 heterocycles. The Bertz CT molecular complexity index is 526. The fourth-order valence-electron chi connectivity index (χ4n) is 1.74. The molecule has 102 valence electrons. The van der Waals surface area contributed by atoms with E-state index in [2.05, 4.69) is 17.7 Å². The van der Waals surface area contributed by atoms with E-state index in [1.54, 1.807) is 0 Å². The number of nitrogens with one attached hydrogen (secondary N) is 2. The molecule has 0 atom stereocenters. The Morgan fingerprint density at radius 1 is 1.53 bits per heavy atom. The van der Waals surface area contributed by atoms with Gasteiger partial charge in [0, 0.05) is 18.2 Å². The number of nitrogens with two attached hydrogens (primary N) is 1. The van der Waals surface area contributed by atoms with Crippen LogP contribution in [0.4, 0.5) is 11.4 Å². The molecule has 1 amide bonds. The van der Waals surface area contributed by atoms with Crippen molar-refractivity contribution < 1.29 is 9.72 Å². The predicted molar refractivity (Wildman–Crippen MR) is 70.6 cm³/mol. The van der Waals surface area contributed by atoms with Crippen LogP contribution in [0.3, 0.4) is 0 Å². The van der Waals surface area contributed by atoms with Crippen LogP contribution in [0.5, 0.6) is 0 Å². The van der Waals surface area contributed by atoms with Crippen LogP contribution in [0.25, 0.3) is 0 Å². The fourth-order valence-corrected chi connectivity index (χ4v) is 1.74. The van der Waals surface area contributed by atoms with E-state index in [0.717, 1.165) is 12.8 Å². The lowest BCUT2D eigenvalue weighted by Crippen LogP contribution is -2.29. The highest BCUT2D eigenvalue weighted by atomic mass is 16.6. The minimum absolute atomic E-state index is 0.121. The number of anilines is 1. The average molecular weight is 264 g/mol. The van der Waals surface area contributed by atoms with Gasteiger partial charge in [0.05, 0.1) is 4.92 Å². The van der Waals surface area contributed by atoms with Gasteiger partial charge >= 0.3 is 0 Å². The first-order chi connectivity index (χ1) is 8.95. The number of benzene rings is 1. The maximum Gasteiger partial charge on any atom is 0.293 e. The van der Waals surface area contributed by atoms with Gasteiger partial charge in [0.1, 0.15) is 5.69 Å². The third kappa shape index (κ3) is 3.00. The van der Waals surface area contributed by atoms with E-state index in [0.29, 0.717) is 12.1 Å². The highest BCUT2D eigenvalue weighted by molar-refractivity contribution is 5.95. The number of nitro groups is 1. The second-order valence-electron chi connectivity index (χ2n) is 5.13. The summed E-state index contributed by atoms with van der Waals surface area (Å²) in [5, 5.41) is 13.6. The van der Waals surface area contributed by atoms with Crippen molar-refractivity contribution in [2.45, 2.75) is 19.8 Å². The molecule has 7 nitrogen and oxygen atoms in total. The van der Waals surface area contributed by atoms with Crippen LogP contribution in [0.1, 0.15) is 30.1 Å². The lowest BCUT2D eigenvalue weighted by Gasteiger charge is -2.10. The van der Waals surface area contributed by atoms with Crippen molar-refractivity contribution in [1.82, 2.24) is 5.32 Å². The summed E-state index contributed by atoms with van der Waals surface area (Å²) in [6.45, 7) is 2.73. The number of hydrogen-bond acceptors (Lipinski definition) is 5. The van der Waals surface area contributed by atoms with E-state index in [1.807, 2.05) is 0 Å². The van der Waals surface area contributed by atoms with E-state index in [1.165, 1.54) is 18.2 Å². The molecule has 0 radical (unpaired) electrons. The number of amides is 1. The van der Waals surface area contributed by atoms with Gasteiger partial charge in [0.25, 0.3) is 11.6 Å². The molecule has 0 aliphatic heterocycles. The van der Waals surface area contributed by atoms with Gasteiger partial charge in [-0.05, 0) is 30.4 Å². The van der Waals surface area contributed by atoms with Crippen molar-refractivity contribution >= 4 is 17.3 Å². The Labute approximate surface area is 110 Å². The zero-order valence-corrected chi connectivity index (χ0v) is 10.6. The largest absolute Gasteiger partial charge is 0.351 e. The van der Waals surface area contributed by atoms with Crippen molar-refractivity contribution in [1.29, 1.82) is 0 Å². The number of hydrazine groups is 1. The van der Waals surface area contributed by atoms with Gasteiger partial charge in [-0.25, -0.2) is 0 Å². The smallest absolute Gasteiger partial charge is 0.293 e. The standard InChI is InChI=1S/C12H16N4O3/c1-12(4-5-12)7-14-11(17)8-2-3-10(16(18)19)9(6-8)15-13/h2-3,6,15H,4-5,7,13H2,1H3,(H,14,17). The lowest BCUT2D eigenvalue weighted by molar-refractivity contribution is -0.384. The lowest BCUT2D eigenvalue weighted by atomic mass is 10.1. The molecule has 0 saturated heterocycles. The second-order valence-corrected chi connectivity index (χ2v) is 5.13. The number of hydrogen-bond donors (Lipinski definition) is 3. The Balaban J connectivity index is 2.11. The maximum atomic E-state index is 11.9. The Morgan fingerprint density at radius 3 is 2.74 bits per heavy atom. The first-order valence-electron chi connectivity index (χ1n) is 5.98. The first-order valence-corrected chi connectivity index (χ1v) is 5.98. The molecule has 1 aliphatic rings.